The fraction of sp³-hybridized carbons (Fsp3) is 0.250. The van der Waals surface area contributed by atoms with Gasteiger partial charge in [-0.2, -0.15) is 5.10 Å². The first-order valence-corrected chi connectivity index (χ1v) is 7.71. The molecule has 1 aliphatic rings. The summed E-state index contributed by atoms with van der Waals surface area (Å²) in [7, 11) is 0. The van der Waals surface area contributed by atoms with Crippen molar-refractivity contribution in [2.24, 2.45) is 0 Å². The number of hydrogen-bond acceptors (Lipinski definition) is 4. The largest absolute Gasteiger partial charge is 0.433 e. The highest BCUT2D eigenvalue weighted by molar-refractivity contribution is 6.35. The zero-order valence-corrected chi connectivity index (χ0v) is 13.0. The van der Waals surface area contributed by atoms with Crippen molar-refractivity contribution in [1.82, 2.24) is 14.7 Å². The van der Waals surface area contributed by atoms with E-state index in [0.717, 1.165) is 10.9 Å². The van der Waals surface area contributed by atoms with Crippen LogP contribution >= 0.6 is 11.6 Å². The zero-order chi connectivity index (χ0) is 15.8. The number of furan rings is 1. The van der Waals surface area contributed by atoms with Crippen LogP contribution in [-0.4, -0.2) is 46.9 Å². The molecule has 0 spiro atoms. The second-order valence-corrected chi connectivity index (χ2v) is 5.68. The number of ether oxygens (including phenoxy) is 1. The van der Waals surface area contributed by atoms with Gasteiger partial charge in [0, 0.05) is 24.5 Å². The van der Waals surface area contributed by atoms with Gasteiger partial charge in [0.1, 0.15) is 0 Å². The number of carbonyl (C=O) groups excluding carboxylic acids is 1. The van der Waals surface area contributed by atoms with Crippen molar-refractivity contribution in [2.45, 2.75) is 0 Å². The Morgan fingerprint density at radius 1 is 1.17 bits per heavy atom. The third kappa shape index (κ3) is 2.50. The minimum absolute atomic E-state index is 0.131. The molecule has 0 radical (unpaired) electrons. The van der Waals surface area contributed by atoms with Gasteiger partial charge in [-0.15, -0.1) is 0 Å². The Labute approximate surface area is 137 Å². The average Bonchev–Trinajstić information content (AvgIpc) is 3.22. The van der Waals surface area contributed by atoms with E-state index >= 15 is 0 Å². The Morgan fingerprint density at radius 3 is 2.83 bits per heavy atom. The van der Waals surface area contributed by atoms with E-state index in [1.54, 1.807) is 27.9 Å². The second-order valence-electron chi connectivity index (χ2n) is 5.27. The first kappa shape index (κ1) is 14.3. The average molecular weight is 332 g/mol. The lowest BCUT2D eigenvalue weighted by atomic mass is 10.2. The third-order valence-corrected chi connectivity index (χ3v) is 4.20. The minimum atomic E-state index is -0.131. The van der Waals surface area contributed by atoms with Crippen molar-refractivity contribution in [1.29, 1.82) is 0 Å². The molecule has 0 atom stereocenters. The number of halogens is 1. The number of benzene rings is 1. The van der Waals surface area contributed by atoms with E-state index in [1.165, 1.54) is 0 Å². The van der Waals surface area contributed by atoms with Gasteiger partial charge >= 0.3 is 0 Å². The predicted octanol–water partition coefficient (Wildman–Crippen LogP) is 2.74. The van der Waals surface area contributed by atoms with Gasteiger partial charge in [0.15, 0.2) is 5.76 Å². The number of nitrogens with zero attached hydrogens (tertiary/aromatic N) is 3. The monoisotopic (exact) mass is 331 g/mol. The van der Waals surface area contributed by atoms with Crippen molar-refractivity contribution >= 4 is 28.4 Å². The van der Waals surface area contributed by atoms with Crippen LogP contribution in [0.2, 0.25) is 5.02 Å². The smallest absolute Gasteiger partial charge is 0.289 e. The molecule has 0 bridgehead atoms. The maximum absolute atomic E-state index is 12.4. The first-order chi connectivity index (χ1) is 11.2. The van der Waals surface area contributed by atoms with Crippen LogP contribution in [0.25, 0.3) is 16.8 Å². The molecule has 23 heavy (non-hydrogen) atoms. The van der Waals surface area contributed by atoms with E-state index in [-0.39, 0.29) is 5.91 Å². The van der Waals surface area contributed by atoms with E-state index in [4.69, 9.17) is 20.8 Å². The summed E-state index contributed by atoms with van der Waals surface area (Å²) in [6.45, 7) is 2.27. The van der Waals surface area contributed by atoms with Gasteiger partial charge in [0.05, 0.1) is 29.9 Å². The number of carbonyl (C=O) groups is 1. The van der Waals surface area contributed by atoms with Crippen LogP contribution in [0.15, 0.2) is 40.9 Å². The third-order valence-electron chi connectivity index (χ3n) is 3.87. The minimum Gasteiger partial charge on any atom is -0.433 e. The summed E-state index contributed by atoms with van der Waals surface area (Å²) in [6, 6.07) is 8.98. The Bertz CT molecular complexity index is 864. The predicted molar refractivity (Wildman–Crippen MR) is 85.1 cm³/mol. The molecule has 0 saturated carbocycles. The lowest BCUT2D eigenvalue weighted by Crippen LogP contribution is -2.40. The maximum Gasteiger partial charge on any atom is 0.289 e. The quantitative estimate of drug-likeness (QED) is 0.724. The summed E-state index contributed by atoms with van der Waals surface area (Å²) in [4.78, 5) is 14.2. The van der Waals surface area contributed by atoms with E-state index < -0.39 is 0 Å². The van der Waals surface area contributed by atoms with Gasteiger partial charge < -0.3 is 14.1 Å². The molecule has 0 N–H and O–H groups in total. The molecule has 0 unspecified atom stereocenters. The molecule has 1 saturated heterocycles. The molecule has 4 rings (SSSR count). The molecule has 2 aromatic heterocycles. The summed E-state index contributed by atoms with van der Waals surface area (Å²) in [6.07, 6.45) is 1.68. The number of fused-ring (bicyclic) bond motifs is 1. The highest BCUT2D eigenvalue weighted by Gasteiger charge is 2.22. The lowest BCUT2D eigenvalue weighted by Gasteiger charge is -2.25. The molecular weight excluding hydrogens is 318 g/mol. The Hall–Kier alpha value is -2.31. The maximum atomic E-state index is 12.4. The topological polar surface area (TPSA) is 60.5 Å². The van der Waals surface area contributed by atoms with Crippen LogP contribution < -0.4 is 0 Å². The van der Waals surface area contributed by atoms with E-state index in [2.05, 4.69) is 5.10 Å². The molecule has 1 fully saturated rings. The number of aromatic nitrogens is 2. The van der Waals surface area contributed by atoms with Crippen LogP contribution in [0.4, 0.5) is 0 Å². The molecule has 3 aromatic rings. The van der Waals surface area contributed by atoms with Crippen LogP contribution in [0.5, 0.6) is 0 Å². The Kier molecular flexibility index (Phi) is 3.55. The molecule has 1 aromatic carbocycles. The standard InChI is InChI=1S/C16H14ClN3O3/c17-12-2-1-3-13-11(12)10-18-20(13)15-5-4-14(23-15)16(21)19-6-8-22-9-7-19/h1-5,10H,6-9H2. The molecule has 3 heterocycles. The summed E-state index contributed by atoms with van der Waals surface area (Å²) in [5.74, 6) is 0.653. The Balaban J connectivity index is 1.67. The lowest BCUT2D eigenvalue weighted by molar-refractivity contribution is 0.0282. The highest BCUT2D eigenvalue weighted by Crippen LogP contribution is 2.26. The SMILES string of the molecule is O=C(c1ccc(-n2ncc3c(Cl)cccc32)o1)N1CCOCC1. The van der Waals surface area contributed by atoms with Crippen LogP contribution in [0, 0.1) is 0 Å². The summed E-state index contributed by atoms with van der Waals surface area (Å²) in [5, 5.41) is 5.77. The van der Waals surface area contributed by atoms with Crippen LogP contribution in [0.1, 0.15) is 10.6 Å². The summed E-state index contributed by atoms with van der Waals surface area (Å²) < 4.78 is 12.6. The summed E-state index contributed by atoms with van der Waals surface area (Å²) >= 11 is 6.16. The Morgan fingerprint density at radius 2 is 2.00 bits per heavy atom. The van der Waals surface area contributed by atoms with Gasteiger partial charge in [-0.1, -0.05) is 17.7 Å². The molecular formula is C16H14ClN3O3. The molecule has 0 aliphatic carbocycles. The molecule has 1 amide bonds. The number of rotatable bonds is 2. The van der Waals surface area contributed by atoms with Crippen molar-refractivity contribution in [3.8, 4) is 5.88 Å². The van der Waals surface area contributed by atoms with Crippen molar-refractivity contribution in [3.63, 3.8) is 0 Å². The van der Waals surface area contributed by atoms with Gasteiger partial charge in [-0.3, -0.25) is 4.79 Å². The number of morpholine rings is 1. The van der Waals surface area contributed by atoms with Gasteiger partial charge in [0.25, 0.3) is 5.91 Å². The second kappa shape index (κ2) is 5.72. The molecule has 6 nitrogen and oxygen atoms in total. The summed E-state index contributed by atoms with van der Waals surface area (Å²) in [5.41, 5.74) is 0.831. The zero-order valence-electron chi connectivity index (χ0n) is 12.2. The van der Waals surface area contributed by atoms with E-state index in [1.807, 2.05) is 18.2 Å². The van der Waals surface area contributed by atoms with Gasteiger partial charge in [-0.25, -0.2) is 4.68 Å². The van der Waals surface area contributed by atoms with Gasteiger partial charge in [-0.05, 0) is 18.2 Å². The normalized spacial score (nSPS) is 15.3. The van der Waals surface area contributed by atoms with Crippen LogP contribution in [-0.2, 0) is 4.74 Å². The number of hydrogen-bond donors (Lipinski definition) is 0. The highest BCUT2D eigenvalue weighted by atomic mass is 35.5. The fourth-order valence-corrected chi connectivity index (χ4v) is 2.89. The fourth-order valence-electron chi connectivity index (χ4n) is 2.67. The first-order valence-electron chi connectivity index (χ1n) is 7.33. The van der Waals surface area contributed by atoms with Gasteiger partial charge in [0.2, 0.25) is 5.88 Å². The van der Waals surface area contributed by atoms with Crippen molar-refractivity contribution < 1.29 is 13.9 Å². The molecule has 118 valence electrons. The van der Waals surface area contributed by atoms with E-state index in [0.29, 0.717) is 43.0 Å². The molecule has 7 heteroatoms. The number of amides is 1. The van der Waals surface area contributed by atoms with E-state index in [9.17, 15) is 4.79 Å². The van der Waals surface area contributed by atoms with Crippen molar-refractivity contribution in [3.05, 3.63) is 47.3 Å². The molecule has 1 aliphatic heterocycles. The van der Waals surface area contributed by atoms with Crippen molar-refractivity contribution in [2.75, 3.05) is 26.3 Å². The van der Waals surface area contributed by atoms with Crippen LogP contribution in [0.3, 0.4) is 0 Å².